The molecule has 0 amide bonds. The van der Waals surface area contributed by atoms with Gasteiger partial charge in [0.25, 0.3) is 0 Å². The van der Waals surface area contributed by atoms with Crippen molar-refractivity contribution in [1.29, 1.82) is 0 Å². The molecule has 1 aromatic carbocycles. The third-order valence-corrected chi connectivity index (χ3v) is 2.33. The SMILES string of the molecule is Fc1cccc(Cl)c1-c1nccc(Cl)n1. The highest BCUT2D eigenvalue weighted by Crippen LogP contribution is 2.28. The summed E-state index contributed by atoms with van der Waals surface area (Å²) in [5, 5.41) is 0.511. The molecule has 0 bridgehead atoms. The number of nitrogens with zero attached hydrogens (tertiary/aromatic N) is 2. The van der Waals surface area contributed by atoms with E-state index in [9.17, 15) is 4.39 Å². The van der Waals surface area contributed by atoms with E-state index in [2.05, 4.69) is 9.97 Å². The van der Waals surface area contributed by atoms with E-state index in [-0.39, 0.29) is 21.6 Å². The summed E-state index contributed by atoms with van der Waals surface area (Å²) in [7, 11) is 0. The Bertz CT molecular complexity index is 482. The molecule has 1 heterocycles. The van der Waals surface area contributed by atoms with E-state index >= 15 is 0 Å². The van der Waals surface area contributed by atoms with Gasteiger partial charge in [0.05, 0.1) is 10.6 Å². The van der Waals surface area contributed by atoms with Crippen LogP contribution in [0, 0.1) is 5.82 Å². The Morgan fingerprint density at radius 2 is 1.93 bits per heavy atom. The van der Waals surface area contributed by atoms with Crippen molar-refractivity contribution in [1.82, 2.24) is 9.97 Å². The summed E-state index contributed by atoms with van der Waals surface area (Å²) in [5.41, 5.74) is 0.168. The maximum absolute atomic E-state index is 13.5. The van der Waals surface area contributed by atoms with Crippen LogP contribution in [-0.4, -0.2) is 9.97 Å². The van der Waals surface area contributed by atoms with Crippen molar-refractivity contribution < 1.29 is 4.39 Å². The highest BCUT2D eigenvalue weighted by molar-refractivity contribution is 6.33. The molecular weight excluding hydrogens is 238 g/mol. The zero-order valence-electron chi connectivity index (χ0n) is 7.42. The topological polar surface area (TPSA) is 25.8 Å². The molecule has 0 N–H and O–H groups in total. The van der Waals surface area contributed by atoms with Crippen LogP contribution in [-0.2, 0) is 0 Å². The monoisotopic (exact) mass is 242 g/mol. The minimum atomic E-state index is -0.468. The van der Waals surface area contributed by atoms with Crippen LogP contribution in [0.1, 0.15) is 0 Å². The van der Waals surface area contributed by atoms with E-state index in [0.29, 0.717) is 0 Å². The molecule has 2 nitrogen and oxygen atoms in total. The fourth-order valence-corrected chi connectivity index (χ4v) is 1.55. The van der Waals surface area contributed by atoms with Crippen molar-refractivity contribution in [3.8, 4) is 11.4 Å². The number of aromatic nitrogens is 2. The standard InChI is InChI=1S/C10H5Cl2FN2/c11-6-2-1-3-7(13)9(6)10-14-5-4-8(12)15-10/h1-5H. The maximum atomic E-state index is 13.5. The number of hydrogen-bond acceptors (Lipinski definition) is 2. The molecular formula is C10H5Cl2FN2. The van der Waals surface area contributed by atoms with Crippen LogP contribution in [0.25, 0.3) is 11.4 Å². The van der Waals surface area contributed by atoms with E-state index in [1.165, 1.54) is 24.4 Å². The summed E-state index contributed by atoms with van der Waals surface area (Å²) in [6, 6.07) is 5.90. The molecule has 0 radical (unpaired) electrons. The van der Waals surface area contributed by atoms with Gasteiger partial charge in [-0.05, 0) is 18.2 Å². The van der Waals surface area contributed by atoms with Gasteiger partial charge >= 0.3 is 0 Å². The Morgan fingerprint density at radius 1 is 1.13 bits per heavy atom. The lowest BCUT2D eigenvalue weighted by Gasteiger charge is -2.03. The highest BCUT2D eigenvalue weighted by Gasteiger charge is 2.12. The van der Waals surface area contributed by atoms with Crippen LogP contribution in [0.2, 0.25) is 10.2 Å². The zero-order valence-corrected chi connectivity index (χ0v) is 8.93. The Morgan fingerprint density at radius 3 is 2.60 bits per heavy atom. The number of halogens is 3. The molecule has 0 aliphatic carbocycles. The molecule has 0 saturated heterocycles. The summed E-state index contributed by atoms with van der Waals surface area (Å²) in [5.74, 6) is -0.282. The molecule has 2 aromatic rings. The first-order valence-electron chi connectivity index (χ1n) is 4.11. The van der Waals surface area contributed by atoms with E-state index < -0.39 is 5.82 Å². The largest absolute Gasteiger partial charge is 0.236 e. The van der Waals surface area contributed by atoms with Gasteiger partial charge in [0.1, 0.15) is 11.0 Å². The fraction of sp³-hybridized carbons (Fsp3) is 0. The lowest BCUT2D eigenvalue weighted by Crippen LogP contribution is -1.92. The maximum Gasteiger partial charge on any atom is 0.165 e. The van der Waals surface area contributed by atoms with Gasteiger partial charge in [-0.3, -0.25) is 0 Å². The summed E-state index contributed by atoms with van der Waals surface area (Å²) in [6.07, 6.45) is 1.45. The van der Waals surface area contributed by atoms with Crippen molar-refractivity contribution in [3.05, 3.63) is 46.5 Å². The number of rotatable bonds is 1. The van der Waals surface area contributed by atoms with Gasteiger partial charge in [-0.15, -0.1) is 0 Å². The molecule has 0 fully saturated rings. The lowest BCUT2D eigenvalue weighted by atomic mass is 10.2. The van der Waals surface area contributed by atoms with Crippen LogP contribution < -0.4 is 0 Å². The number of benzene rings is 1. The van der Waals surface area contributed by atoms with Gasteiger partial charge in [-0.1, -0.05) is 29.3 Å². The molecule has 0 unspecified atom stereocenters. The Balaban J connectivity index is 2.63. The lowest BCUT2D eigenvalue weighted by molar-refractivity contribution is 0.630. The van der Waals surface area contributed by atoms with Gasteiger partial charge in [0.15, 0.2) is 5.82 Å². The highest BCUT2D eigenvalue weighted by atomic mass is 35.5. The minimum absolute atomic E-state index is 0.168. The van der Waals surface area contributed by atoms with Gasteiger partial charge in [-0.25, -0.2) is 14.4 Å². The van der Waals surface area contributed by atoms with E-state index in [4.69, 9.17) is 23.2 Å². The van der Waals surface area contributed by atoms with Crippen LogP contribution in [0.4, 0.5) is 4.39 Å². The first kappa shape index (κ1) is 10.3. The van der Waals surface area contributed by atoms with Crippen LogP contribution >= 0.6 is 23.2 Å². The van der Waals surface area contributed by atoms with Gasteiger partial charge < -0.3 is 0 Å². The summed E-state index contributed by atoms with van der Waals surface area (Å²) in [4.78, 5) is 7.81. The Hall–Kier alpha value is -1.19. The van der Waals surface area contributed by atoms with Crippen LogP contribution in [0.15, 0.2) is 30.5 Å². The normalized spacial score (nSPS) is 10.3. The number of hydrogen-bond donors (Lipinski definition) is 0. The summed E-state index contributed by atoms with van der Waals surface area (Å²) < 4.78 is 13.5. The first-order chi connectivity index (χ1) is 7.18. The molecule has 1 aromatic heterocycles. The third-order valence-electron chi connectivity index (χ3n) is 1.81. The quantitative estimate of drug-likeness (QED) is 0.715. The third kappa shape index (κ3) is 2.08. The molecule has 0 spiro atoms. The molecule has 76 valence electrons. The molecule has 5 heteroatoms. The van der Waals surface area contributed by atoms with Crippen molar-refractivity contribution in [2.45, 2.75) is 0 Å². The summed E-state index contributed by atoms with van der Waals surface area (Å²) >= 11 is 11.5. The second kappa shape index (κ2) is 4.13. The second-order valence-corrected chi connectivity index (χ2v) is 3.59. The molecule has 0 saturated carbocycles. The van der Waals surface area contributed by atoms with E-state index in [1.54, 1.807) is 6.07 Å². The average molecular weight is 243 g/mol. The smallest absolute Gasteiger partial charge is 0.165 e. The second-order valence-electron chi connectivity index (χ2n) is 2.80. The molecule has 15 heavy (non-hydrogen) atoms. The Kier molecular flexibility index (Phi) is 2.84. The Labute approximate surface area is 95.7 Å². The molecule has 0 atom stereocenters. The first-order valence-corrected chi connectivity index (χ1v) is 4.87. The van der Waals surface area contributed by atoms with Crippen LogP contribution in [0.3, 0.4) is 0 Å². The van der Waals surface area contributed by atoms with Crippen molar-refractivity contribution in [3.63, 3.8) is 0 Å². The van der Waals surface area contributed by atoms with Crippen molar-refractivity contribution in [2.75, 3.05) is 0 Å². The molecule has 0 aliphatic rings. The predicted molar refractivity (Wildman–Crippen MR) is 57.4 cm³/mol. The van der Waals surface area contributed by atoms with Crippen molar-refractivity contribution >= 4 is 23.2 Å². The molecule has 2 rings (SSSR count). The summed E-state index contributed by atoms with van der Waals surface area (Å²) in [6.45, 7) is 0. The van der Waals surface area contributed by atoms with Gasteiger partial charge in [0, 0.05) is 6.20 Å². The van der Waals surface area contributed by atoms with Crippen LogP contribution in [0.5, 0.6) is 0 Å². The van der Waals surface area contributed by atoms with Gasteiger partial charge in [0.2, 0.25) is 0 Å². The average Bonchev–Trinajstić information content (AvgIpc) is 2.17. The van der Waals surface area contributed by atoms with Crippen molar-refractivity contribution in [2.24, 2.45) is 0 Å². The van der Waals surface area contributed by atoms with Gasteiger partial charge in [-0.2, -0.15) is 0 Å². The minimum Gasteiger partial charge on any atom is -0.236 e. The van der Waals surface area contributed by atoms with E-state index in [0.717, 1.165) is 0 Å². The fourth-order valence-electron chi connectivity index (χ4n) is 1.17. The predicted octanol–water partition coefficient (Wildman–Crippen LogP) is 3.59. The molecule has 0 aliphatic heterocycles. The zero-order chi connectivity index (χ0) is 10.8. The van der Waals surface area contributed by atoms with E-state index in [1.807, 2.05) is 0 Å².